The molecule has 1 aromatic rings. The smallest absolute Gasteiger partial charge is 0.253 e. The average molecular weight is 303 g/mol. The number of rotatable bonds is 7. The summed E-state index contributed by atoms with van der Waals surface area (Å²) in [5.74, 6) is 0.569. The summed E-state index contributed by atoms with van der Waals surface area (Å²) in [5.41, 5.74) is 7.01. The lowest BCUT2D eigenvalue weighted by Crippen LogP contribution is -2.46. The van der Waals surface area contributed by atoms with Crippen molar-refractivity contribution in [1.29, 1.82) is 0 Å². The number of nitrogens with two attached hydrogens (primary N) is 1. The van der Waals surface area contributed by atoms with Crippen LogP contribution in [0.3, 0.4) is 0 Å². The zero-order valence-corrected chi connectivity index (χ0v) is 13.8. The van der Waals surface area contributed by atoms with E-state index in [0.29, 0.717) is 29.8 Å². The highest BCUT2D eigenvalue weighted by Gasteiger charge is 2.28. The molecule has 122 valence electrons. The minimum absolute atomic E-state index is 0.0618. The first-order valence-electron chi connectivity index (χ1n) is 8.54. The Morgan fingerprint density at radius 3 is 2.45 bits per heavy atom. The number of para-hydroxylation sites is 1. The van der Waals surface area contributed by atoms with Crippen LogP contribution in [0.15, 0.2) is 24.3 Å². The second kappa shape index (κ2) is 8.18. The standard InChI is InChI=1S/C18H29N3O/c1-3-14(4-2)17(21-11-7-8-12-21)13-20-18(22)15-9-5-6-10-16(15)19/h5-6,9-10,14,17H,3-4,7-8,11-13,19H2,1-2H3,(H,20,22). The van der Waals surface area contributed by atoms with Gasteiger partial charge >= 0.3 is 0 Å². The molecule has 1 fully saturated rings. The number of anilines is 1. The van der Waals surface area contributed by atoms with Crippen LogP contribution in [0.1, 0.15) is 49.9 Å². The van der Waals surface area contributed by atoms with E-state index in [4.69, 9.17) is 5.73 Å². The lowest BCUT2D eigenvalue weighted by molar-refractivity contribution is 0.0918. The topological polar surface area (TPSA) is 58.4 Å². The fraction of sp³-hybridized carbons (Fsp3) is 0.611. The number of carbonyl (C=O) groups is 1. The van der Waals surface area contributed by atoms with Gasteiger partial charge in [-0.1, -0.05) is 38.8 Å². The maximum absolute atomic E-state index is 12.4. The third-order valence-corrected chi connectivity index (χ3v) is 4.88. The Labute approximate surface area is 134 Å². The molecule has 0 aliphatic carbocycles. The number of nitrogens with one attached hydrogen (secondary N) is 1. The van der Waals surface area contributed by atoms with Crippen molar-refractivity contribution >= 4 is 11.6 Å². The van der Waals surface area contributed by atoms with Crippen molar-refractivity contribution in [3.8, 4) is 0 Å². The molecule has 1 amide bonds. The summed E-state index contributed by atoms with van der Waals surface area (Å²) in [6, 6.07) is 7.69. The highest BCUT2D eigenvalue weighted by atomic mass is 16.1. The van der Waals surface area contributed by atoms with E-state index in [1.54, 1.807) is 12.1 Å². The summed E-state index contributed by atoms with van der Waals surface area (Å²) in [4.78, 5) is 14.9. The Morgan fingerprint density at radius 2 is 1.86 bits per heavy atom. The molecular weight excluding hydrogens is 274 g/mol. The predicted molar refractivity (Wildman–Crippen MR) is 91.9 cm³/mol. The molecule has 2 rings (SSSR count). The van der Waals surface area contributed by atoms with Gasteiger partial charge in [0, 0.05) is 18.3 Å². The number of benzene rings is 1. The molecule has 0 saturated carbocycles. The van der Waals surface area contributed by atoms with Crippen molar-refractivity contribution in [1.82, 2.24) is 10.2 Å². The summed E-state index contributed by atoms with van der Waals surface area (Å²) < 4.78 is 0. The fourth-order valence-electron chi connectivity index (χ4n) is 3.50. The number of likely N-dealkylation sites (tertiary alicyclic amines) is 1. The molecule has 4 nitrogen and oxygen atoms in total. The van der Waals surface area contributed by atoms with E-state index < -0.39 is 0 Å². The normalized spacial score (nSPS) is 16.9. The van der Waals surface area contributed by atoms with Gasteiger partial charge in [0.1, 0.15) is 0 Å². The predicted octanol–water partition coefficient (Wildman–Crippen LogP) is 2.90. The van der Waals surface area contributed by atoms with Gasteiger partial charge in [0.05, 0.1) is 5.56 Å². The molecule has 0 bridgehead atoms. The minimum atomic E-state index is -0.0618. The average Bonchev–Trinajstić information content (AvgIpc) is 3.05. The first-order valence-corrected chi connectivity index (χ1v) is 8.54. The summed E-state index contributed by atoms with van der Waals surface area (Å²) in [6.07, 6.45) is 4.86. The highest BCUT2D eigenvalue weighted by molar-refractivity contribution is 5.99. The van der Waals surface area contributed by atoms with Crippen LogP contribution in [0.2, 0.25) is 0 Å². The SMILES string of the molecule is CCC(CC)C(CNC(=O)c1ccccc1N)N1CCCC1. The molecular formula is C18H29N3O. The number of nitrogens with zero attached hydrogens (tertiary/aromatic N) is 1. The van der Waals surface area contributed by atoms with E-state index >= 15 is 0 Å². The Bertz CT molecular complexity index is 477. The fourth-order valence-corrected chi connectivity index (χ4v) is 3.50. The van der Waals surface area contributed by atoms with Crippen LogP contribution in [0.25, 0.3) is 0 Å². The van der Waals surface area contributed by atoms with Crippen LogP contribution in [0, 0.1) is 5.92 Å². The Hall–Kier alpha value is -1.55. The van der Waals surface area contributed by atoms with Crippen LogP contribution in [-0.4, -0.2) is 36.5 Å². The number of hydrogen-bond acceptors (Lipinski definition) is 3. The summed E-state index contributed by atoms with van der Waals surface area (Å²) >= 11 is 0. The van der Waals surface area contributed by atoms with Crippen LogP contribution < -0.4 is 11.1 Å². The zero-order valence-electron chi connectivity index (χ0n) is 13.8. The number of nitrogen functional groups attached to an aromatic ring is 1. The maximum atomic E-state index is 12.4. The Kier molecular flexibility index (Phi) is 6.25. The second-order valence-electron chi connectivity index (χ2n) is 6.18. The largest absolute Gasteiger partial charge is 0.398 e. The maximum Gasteiger partial charge on any atom is 0.253 e. The number of amides is 1. The van der Waals surface area contributed by atoms with Crippen LogP contribution in [0.4, 0.5) is 5.69 Å². The molecule has 0 radical (unpaired) electrons. The van der Waals surface area contributed by atoms with Gasteiger partial charge in [-0.2, -0.15) is 0 Å². The lowest BCUT2D eigenvalue weighted by atomic mass is 9.92. The van der Waals surface area contributed by atoms with Gasteiger partial charge in [-0.3, -0.25) is 9.69 Å². The van der Waals surface area contributed by atoms with Gasteiger partial charge in [0.25, 0.3) is 5.91 Å². The van der Waals surface area contributed by atoms with E-state index in [1.165, 1.54) is 12.8 Å². The quantitative estimate of drug-likeness (QED) is 0.762. The van der Waals surface area contributed by atoms with Crippen molar-refractivity contribution in [3.63, 3.8) is 0 Å². The van der Waals surface area contributed by atoms with Gasteiger partial charge in [0.15, 0.2) is 0 Å². The van der Waals surface area contributed by atoms with Crippen molar-refractivity contribution in [2.24, 2.45) is 5.92 Å². The number of carbonyl (C=O) groups excluding carboxylic acids is 1. The molecule has 1 heterocycles. The Balaban J connectivity index is 2.01. The zero-order chi connectivity index (χ0) is 15.9. The monoisotopic (exact) mass is 303 g/mol. The molecule has 0 aromatic heterocycles. The number of hydrogen-bond donors (Lipinski definition) is 2. The molecule has 1 unspecified atom stereocenters. The first kappa shape index (κ1) is 16.8. The third kappa shape index (κ3) is 4.01. The minimum Gasteiger partial charge on any atom is -0.398 e. The van der Waals surface area contributed by atoms with E-state index in [0.717, 1.165) is 25.9 Å². The van der Waals surface area contributed by atoms with E-state index in [1.807, 2.05) is 12.1 Å². The van der Waals surface area contributed by atoms with Crippen LogP contribution >= 0.6 is 0 Å². The first-order chi connectivity index (χ1) is 10.7. The van der Waals surface area contributed by atoms with Gasteiger partial charge in [-0.05, 0) is 44.0 Å². The molecule has 1 aromatic carbocycles. The van der Waals surface area contributed by atoms with Gasteiger partial charge < -0.3 is 11.1 Å². The second-order valence-corrected chi connectivity index (χ2v) is 6.18. The van der Waals surface area contributed by atoms with E-state index in [-0.39, 0.29) is 5.91 Å². The highest BCUT2D eigenvalue weighted by Crippen LogP contribution is 2.22. The molecule has 1 atom stereocenters. The molecule has 1 aliphatic rings. The molecule has 1 saturated heterocycles. The summed E-state index contributed by atoms with van der Waals surface area (Å²) in [7, 11) is 0. The molecule has 1 aliphatic heterocycles. The van der Waals surface area contributed by atoms with Gasteiger partial charge in [-0.25, -0.2) is 0 Å². The summed E-state index contributed by atoms with van der Waals surface area (Å²) in [5, 5.41) is 3.11. The van der Waals surface area contributed by atoms with E-state index in [9.17, 15) is 4.79 Å². The molecule has 3 N–H and O–H groups in total. The van der Waals surface area contributed by atoms with Gasteiger partial charge in [0.2, 0.25) is 0 Å². The van der Waals surface area contributed by atoms with Crippen molar-refractivity contribution in [3.05, 3.63) is 29.8 Å². The Morgan fingerprint density at radius 1 is 1.23 bits per heavy atom. The molecule has 4 heteroatoms. The van der Waals surface area contributed by atoms with Crippen LogP contribution in [-0.2, 0) is 0 Å². The van der Waals surface area contributed by atoms with E-state index in [2.05, 4.69) is 24.1 Å². The third-order valence-electron chi connectivity index (χ3n) is 4.88. The van der Waals surface area contributed by atoms with Crippen molar-refractivity contribution in [2.75, 3.05) is 25.4 Å². The molecule has 0 spiro atoms. The van der Waals surface area contributed by atoms with Crippen molar-refractivity contribution in [2.45, 2.75) is 45.6 Å². The van der Waals surface area contributed by atoms with Gasteiger partial charge in [-0.15, -0.1) is 0 Å². The lowest BCUT2D eigenvalue weighted by Gasteiger charge is -2.34. The van der Waals surface area contributed by atoms with Crippen molar-refractivity contribution < 1.29 is 4.79 Å². The summed E-state index contributed by atoms with van der Waals surface area (Å²) in [6.45, 7) is 7.51. The molecule has 22 heavy (non-hydrogen) atoms. The van der Waals surface area contributed by atoms with Crippen LogP contribution in [0.5, 0.6) is 0 Å².